The Labute approximate surface area is 67.3 Å². The van der Waals surface area contributed by atoms with Gasteiger partial charge in [0.25, 0.3) is 0 Å². The van der Waals surface area contributed by atoms with Gasteiger partial charge in [0.15, 0.2) is 0 Å². The molecule has 0 atom stereocenters. The molecule has 0 unspecified atom stereocenters. The van der Waals surface area contributed by atoms with Crippen molar-refractivity contribution in [3.05, 3.63) is 35.5 Å². The first-order valence-corrected chi connectivity index (χ1v) is 3.77. The Morgan fingerprint density at radius 1 is 1.45 bits per heavy atom. The van der Waals surface area contributed by atoms with E-state index in [-0.39, 0.29) is 0 Å². The topological polar surface area (TPSA) is 23.8 Å². The zero-order valence-corrected chi connectivity index (χ0v) is 6.67. The zero-order valence-electron chi connectivity index (χ0n) is 6.67. The van der Waals surface area contributed by atoms with Crippen molar-refractivity contribution < 1.29 is 0 Å². The van der Waals surface area contributed by atoms with Crippen molar-refractivity contribution in [3.63, 3.8) is 0 Å². The first-order valence-electron chi connectivity index (χ1n) is 3.77. The molecule has 0 heterocycles. The van der Waals surface area contributed by atoms with E-state index in [1.165, 1.54) is 5.57 Å². The summed E-state index contributed by atoms with van der Waals surface area (Å²) < 4.78 is 0. The summed E-state index contributed by atoms with van der Waals surface area (Å²) in [6.07, 6.45) is 9.95. The monoisotopic (exact) mass is 145 g/mol. The second kappa shape index (κ2) is 3.78. The molecule has 0 radical (unpaired) electrons. The Morgan fingerprint density at radius 3 is 3.00 bits per heavy atom. The average Bonchev–Trinajstić information content (AvgIpc) is 1.98. The van der Waals surface area contributed by atoms with Crippen LogP contribution in [0, 0.1) is 11.3 Å². The van der Waals surface area contributed by atoms with Crippen molar-refractivity contribution in [1.29, 1.82) is 5.26 Å². The molecule has 56 valence electrons. The minimum Gasteiger partial charge on any atom is -0.192 e. The molecular weight excluding hydrogens is 134 g/mol. The van der Waals surface area contributed by atoms with E-state index in [2.05, 4.69) is 13.0 Å². The number of allylic oxidation sites excluding steroid dienone is 6. The summed E-state index contributed by atoms with van der Waals surface area (Å²) in [5, 5.41) is 8.60. The Bertz CT molecular complexity index is 261. The molecule has 0 saturated heterocycles. The van der Waals surface area contributed by atoms with Gasteiger partial charge in [-0.25, -0.2) is 0 Å². The lowest BCUT2D eigenvalue weighted by atomic mass is 10.1. The van der Waals surface area contributed by atoms with E-state index in [9.17, 15) is 0 Å². The molecule has 1 nitrogen and oxygen atoms in total. The van der Waals surface area contributed by atoms with Crippen molar-refractivity contribution in [2.24, 2.45) is 0 Å². The lowest BCUT2D eigenvalue weighted by Crippen LogP contribution is -1.80. The van der Waals surface area contributed by atoms with Gasteiger partial charge in [-0.3, -0.25) is 0 Å². The Morgan fingerprint density at radius 2 is 2.27 bits per heavy atom. The van der Waals surface area contributed by atoms with Crippen LogP contribution in [-0.4, -0.2) is 0 Å². The van der Waals surface area contributed by atoms with Crippen LogP contribution in [0.15, 0.2) is 35.5 Å². The first kappa shape index (κ1) is 7.81. The van der Waals surface area contributed by atoms with Gasteiger partial charge in [0.05, 0.1) is 11.6 Å². The van der Waals surface area contributed by atoms with Gasteiger partial charge in [0.1, 0.15) is 0 Å². The minimum absolute atomic E-state index is 0.740. The van der Waals surface area contributed by atoms with Gasteiger partial charge in [-0.1, -0.05) is 17.7 Å². The molecule has 0 amide bonds. The predicted octanol–water partition coefficient (Wildman–Crippen LogP) is 2.73. The highest BCUT2D eigenvalue weighted by molar-refractivity contribution is 5.37. The maximum Gasteiger partial charge on any atom is 0.0991 e. The quantitative estimate of drug-likeness (QED) is 0.514. The minimum atomic E-state index is 0.740. The standard InChI is InChI=1S/C10H11N/c1-9-4-2-3-5-10(8-11)7-6-9/h3,5-7H,2,4H2,1H3/b5-3-,9-6-,10-7+. The number of nitrogens with zero attached hydrogens (tertiary/aromatic N) is 1. The van der Waals surface area contributed by atoms with Crippen LogP contribution in [0.25, 0.3) is 0 Å². The fourth-order valence-corrected chi connectivity index (χ4v) is 0.967. The SMILES string of the molecule is C/C1=C/C=C(C#N)\C=C/CC1. The molecule has 0 aromatic carbocycles. The van der Waals surface area contributed by atoms with Gasteiger partial charge in [0.2, 0.25) is 0 Å². The van der Waals surface area contributed by atoms with Crippen LogP contribution in [0.3, 0.4) is 0 Å². The Hall–Kier alpha value is -1.29. The molecule has 0 saturated carbocycles. The van der Waals surface area contributed by atoms with Gasteiger partial charge in [-0.2, -0.15) is 5.26 Å². The van der Waals surface area contributed by atoms with Crippen molar-refractivity contribution >= 4 is 0 Å². The van der Waals surface area contributed by atoms with Crippen molar-refractivity contribution in [3.8, 4) is 6.07 Å². The van der Waals surface area contributed by atoms with Crippen LogP contribution < -0.4 is 0 Å². The van der Waals surface area contributed by atoms with Gasteiger partial charge in [0, 0.05) is 0 Å². The number of nitriles is 1. The first-order chi connectivity index (χ1) is 5.33. The summed E-state index contributed by atoms with van der Waals surface area (Å²) in [7, 11) is 0. The van der Waals surface area contributed by atoms with Crippen molar-refractivity contribution in [1.82, 2.24) is 0 Å². The summed E-state index contributed by atoms with van der Waals surface area (Å²) in [5.74, 6) is 0. The molecule has 0 bridgehead atoms. The fraction of sp³-hybridized carbons (Fsp3) is 0.300. The van der Waals surface area contributed by atoms with Crippen molar-refractivity contribution in [2.75, 3.05) is 0 Å². The third-order valence-corrected chi connectivity index (χ3v) is 1.68. The van der Waals surface area contributed by atoms with E-state index in [0.717, 1.165) is 18.4 Å². The second-order valence-electron chi connectivity index (χ2n) is 2.69. The maximum atomic E-state index is 8.60. The lowest BCUT2D eigenvalue weighted by molar-refractivity contribution is 0.974. The van der Waals surface area contributed by atoms with Crippen LogP contribution >= 0.6 is 0 Å². The summed E-state index contributed by atoms with van der Waals surface area (Å²) in [5.41, 5.74) is 2.08. The number of hydrogen-bond acceptors (Lipinski definition) is 1. The van der Waals surface area contributed by atoms with Gasteiger partial charge < -0.3 is 0 Å². The van der Waals surface area contributed by atoms with E-state index in [1.54, 1.807) is 0 Å². The van der Waals surface area contributed by atoms with Crippen molar-refractivity contribution in [2.45, 2.75) is 19.8 Å². The van der Waals surface area contributed by atoms with E-state index in [1.807, 2.05) is 24.3 Å². The van der Waals surface area contributed by atoms with Crippen LogP contribution in [0.1, 0.15) is 19.8 Å². The fourth-order valence-electron chi connectivity index (χ4n) is 0.967. The lowest BCUT2D eigenvalue weighted by Gasteiger charge is -1.98. The molecule has 1 aliphatic rings. The predicted molar refractivity (Wildman–Crippen MR) is 45.8 cm³/mol. The third kappa shape index (κ3) is 2.43. The molecule has 0 fully saturated rings. The summed E-state index contributed by atoms with van der Waals surface area (Å²) in [4.78, 5) is 0. The normalized spacial score (nSPS) is 29.8. The molecule has 0 aliphatic heterocycles. The molecule has 0 aromatic rings. The van der Waals surface area contributed by atoms with Gasteiger partial charge in [-0.15, -0.1) is 0 Å². The van der Waals surface area contributed by atoms with E-state index in [4.69, 9.17) is 5.26 Å². The zero-order chi connectivity index (χ0) is 8.10. The summed E-state index contributed by atoms with van der Waals surface area (Å²) >= 11 is 0. The highest BCUT2D eigenvalue weighted by Gasteiger charge is 1.92. The van der Waals surface area contributed by atoms with Gasteiger partial charge >= 0.3 is 0 Å². The maximum absolute atomic E-state index is 8.60. The largest absolute Gasteiger partial charge is 0.192 e. The third-order valence-electron chi connectivity index (χ3n) is 1.68. The Kier molecular flexibility index (Phi) is 2.68. The molecule has 1 heteroatoms. The molecular formula is C10H11N. The van der Waals surface area contributed by atoms with E-state index in [0.29, 0.717) is 0 Å². The molecule has 1 rings (SSSR count). The average molecular weight is 145 g/mol. The highest BCUT2D eigenvalue weighted by atomic mass is 14.2. The van der Waals surface area contributed by atoms with Crippen LogP contribution in [0.5, 0.6) is 0 Å². The summed E-state index contributed by atoms with van der Waals surface area (Å²) in [6.45, 7) is 2.09. The molecule has 0 aromatic heterocycles. The molecule has 0 N–H and O–H groups in total. The summed E-state index contributed by atoms with van der Waals surface area (Å²) in [6, 6.07) is 2.12. The Balaban J connectivity index is 2.86. The van der Waals surface area contributed by atoms with Crippen LogP contribution in [0.2, 0.25) is 0 Å². The second-order valence-corrected chi connectivity index (χ2v) is 2.69. The molecule has 1 aliphatic carbocycles. The smallest absolute Gasteiger partial charge is 0.0991 e. The molecule has 0 spiro atoms. The van der Waals surface area contributed by atoms with Crippen LogP contribution in [0.4, 0.5) is 0 Å². The number of hydrogen-bond donors (Lipinski definition) is 0. The van der Waals surface area contributed by atoms with E-state index >= 15 is 0 Å². The van der Waals surface area contributed by atoms with Crippen LogP contribution in [-0.2, 0) is 0 Å². The number of rotatable bonds is 0. The van der Waals surface area contributed by atoms with E-state index < -0.39 is 0 Å². The molecule has 11 heavy (non-hydrogen) atoms. The van der Waals surface area contributed by atoms with Gasteiger partial charge in [-0.05, 0) is 31.9 Å². The highest BCUT2D eigenvalue weighted by Crippen LogP contribution is 2.10.